The van der Waals surface area contributed by atoms with E-state index in [4.69, 9.17) is 10.5 Å². The molecule has 1 atom stereocenters. The van der Waals surface area contributed by atoms with Gasteiger partial charge in [0.25, 0.3) is 0 Å². The molecule has 0 spiro atoms. The SMILES string of the molecule is CCOC(=O)[C@H](CC(C)C)N(C)S(=O)(=O)c1ccc(CNc2ncccc2N)cc1. The summed E-state index contributed by atoms with van der Waals surface area (Å²) in [5, 5.41) is 3.12. The monoisotopic (exact) mass is 434 g/mol. The van der Waals surface area contributed by atoms with Crippen LogP contribution in [0.25, 0.3) is 0 Å². The van der Waals surface area contributed by atoms with Crippen LogP contribution in [-0.4, -0.2) is 43.4 Å². The highest BCUT2D eigenvalue weighted by Gasteiger charge is 2.34. The second-order valence-corrected chi connectivity index (χ2v) is 9.35. The molecule has 0 amide bonds. The highest BCUT2D eigenvalue weighted by molar-refractivity contribution is 7.89. The Morgan fingerprint density at radius 1 is 1.23 bits per heavy atom. The van der Waals surface area contributed by atoms with Crippen LogP contribution in [0.2, 0.25) is 0 Å². The summed E-state index contributed by atoms with van der Waals surface area (Å²) >= 11 is 0. The van der Waals surface area contributed by atoms with E-state index >= 15 is 0 Å². The predicted octanol–water partition coefficient (Wildman–Crippen LogP) is 2.87. The standard InChI is InChI=1S/C21H30N4O4S/c1-5-29-21(26)19(13-15(2)3)25(4)30(27,28)17-10-8-16(9-11-17)14-24-20-18(22)7-6-12-23-20/h6-12,15,19H,5,13-14,22H2,1-4H3,(H,23,24)/t19-/m0/s1. The van der Waals surface area contributed by atoms with Crippen molar-refractivity contribution < 1.29 is 17.9 Å². The molecule has 30 heavy (non-hydrogen) atoms. The average Bonchev–Trinajstić information content (AvgIpc) is 2.71. The van der Waals surface area contributed by atoms with E-state index in [0.29, 0.717) is 24.5 Å². The molecule has 9 heteroatoms. The van der Waals surface area contributed by atoms with Gasteiger partial charge in [-0.05, 0) is 49.1 Å². The van der Waals surface area contributed by atoms with Crippen molar-refractivity contribution in [3.05, 3.63) is 48.2 Å². The van der Waals surface area contributed by atoms with Crippen molar-refractivity contribution in [2.75, 3.05) is 24.7 Å². The molecule has 1 aromatic carbocycles. The number of sulfonamides is 1. The highest BCUT2D eigenvalue weighted by atomic mass is 32.2. The van der Waals surface area contributed by atoms with Gasteiger partial charge in [0.05, 0.1) is 17.2 Å². The maximum atomic E-state index is 13.1. The Hall–Kier alpha value is -2.65. The maximum absolute atomic E-state index is 13.1. The van der Waals surface area contributed by atoms with Gasteiger partial charge in [-0.25, -0.2) is 13.4 Å². The van der Waals surface area contributed by atoms with Gasteiger partial charge in [-0.1, -0.05) is 26.0 Å². The number of carbonyl (C=O) groups is 1. The first-order valence-corrected chi connectivity index (χ1v) is 11.3. The molecule has 0 fully saturated rings. The molecule has 0 aliphatic heterocycles. The first-order chi connectivity index (χ1) is 14.2. The molecule has 0 saturated carbocycles. The summed E-state index contributed by atoms with van der Waals surface area (Å²) in [5.74, 6) is 0.162. The number of esters is 1. The van der Waals surface area contributed by atoms with Crippen molar-refractivity contribution in [3.63, 3.8) is 0 Å². The van der Waals surface area contributed by atoms with Crippen LogP contribution in [0.5, 0.6) is 0 Å². The third kappa shape index (κ3) is 5.93. The van der Waals surface area contributed by atoms with Gasteiger partial charge in [-0.15, -0.1) is 0 Å². The summed E-state index contributed by atoms with van der Waals surface area (Å²) in [6.07, 6.45) is 2.02. The van der Waals surface area contributed by atoms with Crippen LogP contribution in [0.4, 0.5) is 11.5 Å². The summed E-state index contributed by atoms with van der Waals surface area (Å²) in [5.41, 5.74) is 7.26. The van der Waals surface area contributed by atoms with E-state index in [1.165, 1.54) is 19.2 Å². The minimum absolute atomic E-state index is 0.115. The fourth-order valence-corrected chi connectivity index (χ4v) is 4.26. The van der Waals surface area contributed by atoms with Gasteiger partial charge in [-0.3, -0.25) is 4.79 Å². The normalized spacial score (nSPS) is 12.7. The van der Waals surface area contributed by atoms with Gasteiger partial charge in [0.1, 0.15) is 11.9 Å². The van der Waals surface area contributed by atoms with Crippen LogP contribution < -0.4 is 11.1 Å². The number of rotatable bonds is 10. The number of nitrogens with two attached hydrogens (primary N) is 1. The molecular formula is C21H30N4O4S. The van der Waals surface area contributed by atoms with E-state index < -0.39 is 22.0 Å². The molecule has 0 unspecified atom stereocenters. The average molecular weight is 435 g/mol. The minimum Gasteiger partial charge on any atom is -0.465 e. The fraction of sp³-hybridized carbons (Fsp3) is 0.429. The molecule has 0 bridgehead atoms. The Balaban J connectivity index is 2.16. The van der Waals surface area contributed by atoms with Gasteiger partial charge in [-0.2, -0.15) is 4.31 Å². The smallest absolute Gasteiger partial charge is 0.324 e. The van der Waals surface area contributed by atoms with Crippen molar-refractivity contribution in [1.29, 1.82) is 0 Å². The van der Waals surface area contributed by atoms with Crippen LogP contribution >= 0.6 is 0 Å². The Kier molecular flexibility index (Phi) is 8.19. The first-order valence-electron chi connectivity index (χ1n) is 9.84. The van der Waals surface area contributed by atoms with Gasteiger partial charge >= 0.3 is 5.97 Å². The van der Waals surface area contributed by atoms with E-state index in [-0.39, 0.29) is 17.4 Å². The molecule has 1 heterocycles. The third-order valence-corrected chi connectivity index (χ3v) is 6.47. The molecule has 1 aromatic heterocycles. The zero-order valence-electron chi connectivity index (χ0n) is 17.8. The van der Waals surface area contributed by atoms with E-state index in [1.54, 1.807) is 37.4 Å². The Bertz CT molecular complexity index is 946. The number of anilines is 2. The van der Waals surface area contributed by atoms with Gasteiger partial charge < -0.3 is 15.8 Å². The van der Waals surface area contributed by atoms with Gasteiger partial charge in [0.15, 0.2) is 0 Å². The maximum Gasteiger partial charge on any atom is 0.324 e. The highest BCUT2D eigenvalue weighted by Crippen LogP contribution is 2.22. The minimum atomic E-state index is -3.86. The number of benzene rings is 1. The molecule has 0 aliphatic carbocycles. The van der Waals surface area contributed by atoms with E-state index in [0.717, 1.165) is 9.87 Å². The molecule has 164 valence electrons. The molecule has 2 aromatic rings. The summed E-state index contributed by atoms with van der Waals surface area (Å²) < 4.78 is 32.3. The molecule has 3 N–H and O–H groups in total. The van der Waals surface area contributed by atoms with Crippen molar-refractivity contribution in [1.82, 2.24) is 9.29 Å². The lowest BCUT2D eigenvalue weighted by Gasteiger charge is -2.27. The topological polar surface area (TPSA) is 115 Å². The molecule has 2 rings (SSSR count). The van der Waals surface area contributed by atoms with Crippen molar-refractivity contribution in [2.24, 2.45) is 5.92 Å². The Labute approximate surface area is 178 Å². The quantitative estimate of drug-likeness (QED) is 0.553. The first kappa shape index (κ1) is 23.6. The second-order valence-electron chi connectivity index (χ2n) is 7.36. The number of ether oxygens (including phenoxy) is 1. The molecule has 0 saturated heterocycles. The van der Waals surface area contributed by atoms with Crippen LogP contribution in [0, 0.1) is 5.92 Å². The molecule has 8 nitrogen and oxygen atoms in total. The lowest BCUT2D eigenvalue weighted by molar-refractivity contribution is -0.147. The zero-order valence-corrected chi connectivity index (χ0v) is 18.6. The van der Waals surface area contributed by atoms with Crippen LogP contribution in [0.3, 0.4) is 0 Å². The summed E-state index contributed by atoms with van der Waals surface area (Å²) in [6, 6.07) is 9.12. The van der Waals surface area contributed by atoms with Gasteiger partial charge in [0.2, 0.25) is 10.0 Å². The Morgan fingerprint density at radius 3 is 2.47 bits per heavy atom. The van der Waals surface area contributed by atoms with Crippen molar-refractivity contribution >= 4 is 27.5 Å². The number of hydrogen-bond donors (Lipinski definition) is 2. The van der Waals surface area contributed by atoms with E-state index in [9.17, 15) is 13.2 Å². The van der Waals surface area contributed by atoms with Crippen molar-refractivity contribution in [3.8, 4) is 0 Å². The van der Waals surface area contributed by atoms with Crippen LogP contribution in [0.15, 0.2) is 47.5 Å². The van der Waals surface area contributed by atoms with Crippen LogP contribution in [0.1, 0.15) is 32.8 Å². The molecule has 0 radical (unpaired) electrons. The van der Waals surface area contributed by atoms with Crippen molar-refractivity contribution in [2.45, 2.75) is 44.7 Å². The number of carbonyl (C=O) groups excluding carboxylic acids is 1. The second kappa shape index (κ2) is 10.4. The number of nitrogens with one attached hydrogen (secondary N) is 1. The number of nitrogens with zero attached hydrogens (tertiary/aromatic N) is 2. The van der Waals surface area contributed by atoms with E-state index in [1.807, 2.05) is 13.8 Å². The van der Waals surface area contributed by atoms with Gasteiger partial charge in [0, 0.05) is 19.8 Å². The third-order valence-electron chi connectivity index (χ3n) is 4.59. The number of likely N-dealkylation sites (N-methyl/N-ethyl adjacent to an activating group) is 1. The lowest BCUT2D eigenvalue weighted by atomic mass is 10.0. The number of pyridine rings is 1. The summed E-state index contributed by atoms with van der Waals surface area (Å²) in [6.45, 7) is 6.20. The zero-order chi connectivity index (χ0) is 22.3. The van der Waals surface area contributed by atoms with Crippen LogP contribution in [-0.2, 0) is 26.1 Å². The predicted molar refractivity (Wildman–Crippen MR) is 117 cm³/mol. The number of hydrogen-bond acceptors (Lipinski definition) is 7. The molecule has 0 aliphatic rings. The summed E-state index contributed by atoms with van der Waals surface area (Å²) in [4.78, 5) is 16.6. The Morgan fingerprint density at radius 2 is 1.90 bits per heavy atom. The largest absolute Gasteiger partial charge is 0.465 e. The number of nitrogen functional groups attached to an aromatic ring is 1. The fourth-order valence-electron chi connectivity index (χ4n) is 2.94. The molecular weight excluding hydrogens is 404 g/mol. The summed E-state index contributed by atoms with van der Waals surface area (Å²) in [7, 11) is -2.44. The lowest BCUT2D eigenvalue weighted by Crippen LogP contribution is -2.44. The number of aromatic nitrogens is 1. The van der Waals surface area contributed by atoms with E-state index in [2.05, 4.69) is 10.3 Å².